The minimum atomic E-state index is 0.0421. The molecule has 1 aliphatic rings. The quantitative estimate of drug-likeness (QED) is 0.785. The van der Waals surface area contributed by atoms with Crippen molar-refractivity contribution in [3.05, 3.63) is 18.2 Å². The summed E-state index contributed by atoms with van der Waals surface area (Å²) in [5.41, 5.74) is 0.570. The van der Waals surface area contributed by atoms with Gasteiger partial charge in [0.05, 0.1) is 19.1 Å². The molecule has 0 aromatic carbocycles. The Labute approximate surface area is 101 Å². The number of amides is 1. The van der Waals surface area contributed by atoms with Crippen LogP contribution in [-0.2, 0) is 4.74 Å². The first-order valence-electron chi connectivity index (χ1n) is 6.16. The van der Waals surface area contributed by atoms with Gasteiger partial charge in [-0.25, -0.2) is 4.98 Å². The summed E-state index contributed by atoms with van der Waals surface area (Å²) in [7, 11) is 0. The van der Waals surface area contributed by atoms with Gasteiger partial charge in [-0.2, -0.15) is 0 Å². The summed E-state index contributed by atoms with van der Waals surface area (Å²) in [6.45, 7) is 5.29. The second kappa shape index (κ2) is 5.82. The standard InChI is InChI=1S/C12H19N3O2/c1-2-5-17-8-10-3-4-15(7-10)12(16)11-6-13-9-14-11/h6,9-10H,2-5,7-8H2,1H3,(H,13,14). The van der Waals surface area contributed by atoms with Crippen LogP contribution < -0.4 is 0 Å². The smallest absolute Gasteiger partial charge is 0.271 e. The first-order chi connectivity index (χ1) is 8.31. The molecule has 1 aromatic heterocycles. The average Bonchev–Trinajstić information content (AvgIpc) is 3.00. The number of rotatable bonds is 5. The molecule has 1 saturated heterocycles. The van der Waals surface area contributed by atoms with Crippen molar-refractivity contribution in [1.82, 2.24) is 14.9 Å². The maximum absolute atomic E-state index is 12.0. The summed E-state index contributed by atoms with van der Waals surface area (Å²) < 4.78 is 5.53. The number of nitrogens with zero attached hydrogens (tertiary/aromatic N) is 2. The first kappa shape index (κ1) is 12.1. The van der Waals surface area contributed by atoms with Gasteiger partial charge in [0.25, 0.3) is 5.91 Å². The number of ether oxygens (including phenoxy) is 1. The second-order valence-electron chi connectivity index (χ2n) is 4.45. The molecule has 1 N–H and O–H groups in total. The Morgan fingerprint density at radius 1 is 1.71 bits per heavy atom. The highest BCUT2D eigenvalue weighted by atomic mass is 16.5. The molecule has 94 valence electrons. The molecule has 1 fully saturated rings. The summed E-state index contributed by atoms with van der Waals surface area (Å²) in [6.07, 6.45) is 5.18. The van der Waals surface area contributed by atoms with Crippen LogP contribution in [0.15, 0.2) is 12.5 Å². The van der Waals surface area contributed by atoms with E-state index >= 15 is 0 Å². The van der Waals surface area contributed by atoms with Crippen molar-refractivity contribution in [2.45, 2.75) is 19.8 Å². The minimum absolute atomic E-state index is 0.0421. The molecule has 1 atom stereocenters. The fourth-order valence-electron chi connectivity index (χ4n) is 2.09. The molecule has 1 aliphatic heterocycles. The molecule has 1 amide bonds. The highest BCUT2D eigenvalue weighted by Gasteiger charge is 2.27. The van der Waals surface area contributed by atoms with Gasteiger partial charge in [-0.3, -0.25) is 4.79 Å². The van der Waals surface area contributed by atoms with Crippen LogP contribution in [0.1, 0.15) is 30.3 Å². The summed E-state index contributed by atoms with van der Waals surface area (Å²) in [6, 6.07) is 0. The molecule has 2 heterocycles. The summed E-state index contributed by atoms with van der Waals surface area (Å²) in [4.78, 5) is 20.6. The molecule has 17 heavy (non-hydrogen) atoms. The fourth-order valence-corrected chi connectivity index (χ4v) is 2.09. The van der Waals surface area contributed by atoms with Crippen molar-refractivity contribution >= 4 is 5.91 Å². The number of nitrogens with one attached hydrogen (secondary N) is 1. The van der Waals surface area contributed by atoms with E-state index in [1.54, 1.807) is 6.20 Å². The third kappa shape index (κ3) is 3.06. The Morgan fingerprint density at radius 2 is 2.59 bits per heavy atom. The minimum Gasteiger partial charge on any atom is -0.381 e. The second-order valence-corrected chi connectivity index (χ2v) is 4.45. The Kier molecular flexibility index (Phi) is 4.14. The van der Waals surface area contributed by atoms with Crippen LogP contribution in [0.5, 0.6) is 0 Å². The topological polar surface area (TPSA) is 58.2 Å². The number of hydrogen-bond donors (Lipinski definition) is 1. The normalized spacial score (nSPS) is 19.8. The molecule has 0 bridgehead atoms. The highest BCUT2D eigenvalue weighted by molar-refractivity contribution is 5.92. The van der Waals surface area contributed by atoms with Gasteiger partial charge < -0.3 is 14.6 Å². The number of aromatic amines is 1. The number of imidazole rings is 1. The number of hydrogen-bond acceptors (Lipinski definition) is 3. The lowest BCUT2D eigenvalue weighted by Gasteiger charge is -2.15. The van der Waals surface area contributed by atoms with Crippen LogP contribution in [0, 0.1) is 5.92 Å². The lowest BCUT2D eigenvalue weighted by Crippen LogP contribution is -2.29. The van der Waals surface area contributed by atoms with Crippen molar-refractivity contribution in [2.24, 2.45) is 5.92 Å². The monoisotopic (exact) mass is 237 g/mol. The summed E-state index contributed by atoms with van der Waals surface area (Å²) in [5, 5.41) is 0. The molecule has 2 rings (SSSR count). The molecule has 5 nitrogen and oxygen atoms in total. The average molecular weight is 237 g/mol. The van der Waals surface area contributed by atoms with Crippen molar-refractivity contribution in [3.8, 4) is 0 Å². The fraction of sp³-hybridized carbons (Fsp3) is 0.667. The highest BCUT2D eigenvalue weighted by Crippen LogP contribution is 2.18. The van der Waals surface area contributed by atoms with Gasteiger partial charge in [-0.15, -0.1) is 0 Å². The van der Waals surface area contributed by atoms with Gasteiger partial charge in [0.1, 0.15) is 5.69 Å². The predicted molar refractivity (Wildman–Crippen MR) is 63.7 cm³/mol. The summed E-state index contributed by atoms with van der Waals surface area (Å²) in [5.74, 6) is 0.522. The van der Waals surface area contributed by atoms with E-state index in [0.29, 0.717) is 11.6 Å². The number of carbonyl (C=O) groups is 1. The molecular formula is C12H19N3O2. The lowest BCUT2D eigenvalue weighted by atomic mass is 10.1. The molecule has 0 aliphatic carbocycles. The third-order valence-electron chi connectivity index (χ3n) is 3.00. The number of H-pyrrole nitrogens is 1. The van der Waals surface area contributed by atoms with Crippen LogP contribution in [-0.4, -0.2) is 47.1 Å². The van der Waals surface area contributed by atoms with Crippen LogP contribution in [0.2, 0.25) is 0 Å². The maximum Gasteiger partial charge on any atom is 0.271 e. The zero-order chi connectivity index (χ0) is 12.1. The largest absolute Gasteiger partial charge is 0.381 e. The van der Waals surface area contributed by atoms with E-state index in [2.05, 4.69) is 16.9 Å². The Balaban J connectivity index is 1.79. The van der Waals surface area contributed by atoms with Crippen LogP contribution >= 0.6 is 0 Å². The Hall–Kier alpha value is -1.36. The van der Waals surface area contributed by atoms with Gasteiger partial charge in [0.15, 0.2) is 0 Å². The SMILES string of the molecule is CCCOCC1CCN(C(=O)c2cnc[nH]2)C1. The van der Waals surface area contributed by atoms with Gasteiger partial charge in [0, 0.05) is 25.6 Å². The van der Waals surface area contributed by atoms with Crippen molar-refractivity contribution in [3.63, 3.8) is 0 Å². The van der Waals surface area contributed by atoms with Crippen molar-refractivity contribution in [2.75, 3.05) is 26.3 Å². The van der Waals surface area contributed by atoms with E-state index in [0.717, 1.165) is 39.1 Å². The Morgan fingerprint density at radius 3 is 3.29 bits per heavy atom. The summed E-state index contributed by atoms with van der Waals surface area (Å²) >= 11 is 0. The van der Waals surface area contributed by atoms with Gasteiger partial charge in [-0.1, -0.05) is 6.92 Å². The molecular weight excluding hydrogens is 218 g/mol. The molecule has 0 saturated carbocycles. The molecule has 0 spiro atoms. The number of likely N-dealkylation sites (tertiary alicyclic amines) is 1. The molecule has 1 unspecified atom stereocenters. The molecule has 5 heteroatoms. The van der Waals surface area contributed by atoms with E-state index in [-0.39, 0.29) is 5.91 Å². The van der Waals surface area contributed by atoms with Crippen LogP contribution in [0.25, 0.3) is 0 Å². The van der Waals surface area contributed by atoms with Gasteiger partial charge in [0.2, 0.25) is 0 Å². The van der Waals surface area contributed by atoms with Crippen molar-refractivity contribution < 1.29 is 9.53 Å². The van der Waals surface area contributed by atoms with E-state index in [4.69, 9.17) is 4.74 Å². The van der Waals surface area contributed by atoms with Gasteiger partial charge >= 0.3 is 0 Å². The van der Waals surface area contributed by atoms with E-state index in [1.807, 2.05) is 4.90 Å². The Bertz CT molecular complexity index is 351. The zero-order valence-corrected chi connectivity index (χ0v) is 10.2. The number of aromatic nitrogens is 2. The molecule has 0 radical (unpaired) electrons. The predicted octanol–water partition coefficient (Wildman–Crippen LogP) is 1.30. The maximum atomic E-state index is 12.0. The van der Waals surface area contributed by atoms with E-state index in [9.17, 15) is 4.79 Å². The van der Waals surface area contributed by atoms with E-state index in [1.165, 1.54) is 6.33 Å². The van der Waals surface area contributed by atoms with Crippen LogP contribution in [0.4, 0.5) is 0 Å². The van der Waals surface area contributed by atoms with Crippen LogP contribution in [0.3, 0.4) is 0 Å². The van der Waals surface area contributed by atoms with Crippen molar-refractivity contribution in [1.29, 1.82) is 0 Å². The molecule has 1 aromatic rings. The first-order valence-corrected chi connectivity index (χ1v) is 6.16. The van der Waals surface area contributed by atoms with E-state index < -0.39 is 0 Å². The van der Waals surface area contributed by atoms with Gasteiger partial charge in [-0.05, 0) is 12.8 Å². The third-order valence-corrected chi connectivity index (χ3v) is 3.00. The number of carbonyl (C=O) groups excluding carboxylic acids is 1. The lowest BCUT2D eigenvalue weighted by molar-refractivity contribution is 0.0749. The zero-order valence-electron chi connectivity index (χ0n) is 10.2.